The lowest BCUT2D eigenvalue weighted by molar-refractivity contribution is 0.574. The molecule has 0 fully saturated rings. The highest BCUT2D eigenvalue weighted by atomic mass is 35.5. The molecule has 4 rings (SSSR count). The number of hydrazone groups is 1. The van der Waals surface area contributed by atoms with Gasteiger partial charge < -0.3 is 4.42 Å². The third-order valence-corrected chi connectivity index (χ3v) is 5.40. The summed E-state index contributed by atoms with van der Waals surface area (Å²) in [5.74, 6) is 0.574. The first-order chi connectivity index (χ1) is 13.2. The van der Waals surface area contributed by atoms with Gasteiger partial charge in [0.2, 0.25) is 5.89 Å². The van der Waals surface area contributed by atoms with Crippen molar-refractivity contribution in [3.63, 3.8) is 0 Å². The number of thiophene rings is 1. The summed E-state index contributed by atoms with van der Waals surface area (Å²) in [6.07, 6.45) is 5.02. The Bertz CT molecular complexity index is 1070. The fourth-order valence-corrected chi connectivity index (χ4v) is 3.66. The van der Waals surface area contributed by atoms with Crippen LogP contribution in [0.15, 0.2) is 75.9 Å². The Balaban J connectivity index is 1.53. The summed E-state index contributed by atoms with van der Waals surface area (Å²) in [5, 5.41) is 7.04. The fourth-order valence-electron chi connectivity index (χ4n) is 2.65. The zero-order valence-corrected chi connectivity index (χ0v) is 16.1. The number of nitrogens with one attached hydrogen (secondary N) is 1. The molecule has 0 atom stereocenters. The number of aryl methyl sites for hydroxylation is 1. The Kier molecular flexibility index (Phi) is 5.05. The van der Waals surface area contributed by atoms with Crippen molar-refractivity contribution in [2.75, 3.05) is 5.43 Å². The van der Waals surface area contributed by atoms with E-state index in [4.69, 9.17) is 16.0 Å². The Morgan fingerprint density at radius 1 is 1.11 bits per heavy atom. The van der Waals surface area contributed by atoms with Gasteiger partial charge in [-0.1, -0.05) is 23.7 Å². The van der Waals surface area contributed by atoms with E-state index < -0.39 is 0 Å². The summed E-state index contributed by atoms with van der Waals surface area (Å²) in [4.78, 5) is 5.34. The second kappa shape index (κ2) is 7.78. The van der Waals surface area contributed by atoms with Crippen LogP contribution in [0.4, 0.5) is 5.69 Å². The van der Waals surface area contributed by atoms with Crippen LogP contribution in [-0.4, -0.2) is 11.2 Å². The number of hydrogen-bond donors (Lipinski definition) is 1. The molecule has 0 saturated heterocycles. The van der Waals surface area contributed by atoms with Crippen LogP contribution in [0, 0.1) is 6.92 Å². The minimum atomic E-state index is 0.574. The van der Waals surface area contributed by atoms with Crippen LogP contribution in [0.5, 0.6) is 0 Å². The number of anilines is 1. The first-order valence-corrected chi connectivity index (χ1v) is 9.59. The molecule has 0 aliphatic carbocycles. The third kappa shape index (κ3) is 3.94. The molecule has 0 spiro atoms. The highest BCUT2D eigenvalue weighted by Crippen LogP contribution is 2.32. The van der Waals surface area contributed by atoms with Gasteiger partial charge in [0.1, 0.15) is 6.26 Å². The molecule has 4 aromatic rings. The molecule has 0 radical (unpaired) electrons. The van der Waals surface area contributed by atoms with Crippen LogP contribution >= 0.6 is 22.9 Å². The highest BCUT2D eigenvalue weighted by Gasteiger charge is 2.09. The zero-order valence-electron chi connectivity index (χ0n) is 14.5. The van der Waals surface area contributed by atoms with Gasteiger partial charge in [0.25, 0.3) is 0 Å². The van der Waals surface area contributed by atoms with Crippen molar-refractivity contribution in [1.29, 1.82) is 0 Å². The number of oxazole rings is 1. The van der Waals surface area contributed by atoms with Crippen LogP contribution in [0.1, 0.15) is 10.4 Å². The predicted octanol–water partition coefficient (Wildman–Crippen LogP) is 6.48. The summed E-state index contributed by atoms with van der Waals surface area (Å²) < 4.78 is 5.37. The number of aromatic nitrogens is 1. The maximum absolute atomic E-state index is 6.40. The molecule has 0 aliphatic rings. The molecular weight excluding hydrogens is 378 g/mol. The standard InChI is InChI=1S/C21H16ClN3OS/c1-14-8-11-27-20(14)13-24-25-17-5-2-15(3-6-17)18-12-16(4-7-19(18)22)21-23-9-10-26-21/h2-13,25H,1H3. The summed E-state index contributed by atoms with van der Waals surface area (Å²) in [6.45, 7) is 2.07. The monoisotopic (exact) mass is 393 g/mol. The number of rotatable bonds is 5. The molecule has 0 bridgehead atoms. The lowest BCUT2D eigenvalue weighted by Crippen LogP contribution is -1.90. The van der Waals surface area contributed by atoms with Crippen molar-refractivity contribution in [1.82, 2.24) is 4.98 Å². The zero-order chi connectivity index (χ0) is 18.6. The van der Waals surface area contributed by atoms with Crippen LogP contribution < -0.4 is 5.43 Å². The van der Waals surface area contributed by atoms with Crippen LogP contribution in [0.25, 0.3) is 22.6 Å². The molecule has 6 heteroatoms. The van der Waals surface area contributed by atoms with Crippen molar-refractivity contribution >= 4 is 34.8 Å². The number of hydrogen-bond acceptors (Lipinski definition) is 5. The molecule has 134 valence electrons. The Labute approximate surface area is 166 Å². The summed E-state index contributed by atoms with van der Waals surface area (Å²) >= 11 is 8.07. The van der Waals surface area contributed by atoms with Gasteiger partial charge in [-0.3, -0.25) is 5.43 Å². The average Bonchev–Trinajstić information content (AvgIpc) is 3.35. The molecule has 2 aromatic heterocycles. The second-order valence-electron chi connectivity index (χ2n) is 5.95. The number of benzene rings is 2. The molecule has 0 unspecified atom stereocenters. The van der Waals surface area contributed by atoms with E-state index in [0.29, 0.717) is 10.9 Å². The van der Waals surface area contributed by atoms with Crippen molar-refractivity contribution in [2.24, 2.45) is 5.10 Å². The fraction of sp³-hybridized carbons (Fsp3) is 0.0476. The van der Waals surface area contributed by atoms with Crippen LogP contribution in [-0.2, 0) is 0 Å². The van der Waals surface area contributed by atoms with E-state index in [1.807, 2.05) is 48.7 Å². The quantitative estimate of drug-likeness (QED) is 0.312. The van der Waals surface area contributed by atoms with E-state index in [1.54, 1.807) is 23.8 Å². The van der Waals surface area contributed by atoms with Crippen molar-refractivity contribution in [2.45, 2.75) is 6.92 Å². The van der Waals surface area contributed by atoms with Crippen LogP contribution in [0.2, 0.25) is 5.02 Å². The van der Waals surface area contributed by atoms with E-state index in [9.17, 15) is 0 Å². The molecule has 0 aliphatic heterocycles. The van der Waals surface area contributed by atoms with Gasteiger partial charge in [-0.15, -0.1) is 11.3 Å². The minimum absolute atomic E-state index is 0.574. The largest absolute Gasteiger partial charge is 0.445 e. The smallest absolute Gasteiger partial charge is 0.225 e. The van der Waals surface area contributed by atoms with Crippen LogP contribution in [0.3, 0.4) is 0 Å². The Morgan fingerprint density at radius 2 is 1.93 bits per heavy atom. The van der Waals surface area contributed by atoms with Crippen molar-refractivity contribution in [3.05, 3.63) is 81.8 Å². The minimum Gasteiger partial charge on any atom is -0.445 e. The van der Waals surface area contributed by atoms with Gasteiger partial charge in [-0.25, -0.2) is 4.98 Å². The van der Waals surface area contributed by atoms with Gasteiger partial charge >= 0.3 is 0 Å². The topological polar surface area (TPSA) is 50.4 Å². The van der Waals surface area contributed by atoms with Crippen molar-refractivity contribution < 1.29 is 4.42 Å². The third-order valence-electron chi connectivity index (χ3n) is 4.12. The second-order valence-corrected chi connectivity index (χ2v) is 7.30. The highest BCUT2D eigenvalue weighted by molar-refractivity contribution is 7.11. The molecule has 4 nitrogen and oxygen atoms in total. The van der Waals surface area contributed by atoms with E-state index in [2.05, 4.69) is 33.9 Å². The van der Waals surface area contributed by atoms with E-state index in [0.717, 1.165) is 27.3 Å². The lowest BCUT2D eigenvalue weighted by Gasteiger charge is -2.08. The number of nitrogens with zero attached hydrogens (tertiary/aromatic N) is 2. The Hall–Kier alpha value is -2.89. The Morgan fingerprint density at radius 3 is 2.63 bits per heavy atom. The van der Waals surface area contributed by atoms with E-state index >= 15 is 0 Å². The first kappa shape index (κ1) is 17.5. The molecule has 2 heterocycles. The van der Waals surface area contributed by atoms with E-state index in [-0.39, 0.29) is 0 Å². The van der Waals surface area contributed by atoms with Gasteiger partial charge in [-0.05, 0) is 59.8 Å². The molecule has 0 amide bonds. The van der Waals surface area contributed by atoms with E-state index in [1.165, 1.54) is 5.56 Å². The summed E-state index contributed by atoms with van der Waals surface area (Å²) in [7, 11) is 0. The maximum atomic E-state index is 6.40. The number of halogens is 1. The molecule has 0 saturated carbocycles. The van der Waals surface area contributed by atoms with Crippen molar-refractivity contribution in [3.8, 4) is 22.6 Å². The van der Waals surface area contributed by atoms with Gasteiger partial charge in [0.15, 0.2) is 0 Å². The summed E-state index contributed by atoms with van der Waals surface area (Å²) in [5.41, 5.74) is 8.01. The lowest BCUT2D eigenvalue weighted by atomic mass is 10.0. The summed E-state index contributed by atoms with van der Waals surface area (Å²) in [6, 6.07) is 15.8. The SMILES string of the molecule is Cc1ccsc1C=NNc1ccc(-c2cc(-c3ncco3)ccc2Cl)cc1. The molecular formula is C21H16ClN3OS. The molecule has 27 heavy (non-hydrogen) atoms. The van der Waals surface area contributed by atoms with Gasteiger partial charge in [0, 0.05) is 21.0 Å². The molecule has 1 N–H and O–H groups in total. The average molecular weight is 394 g/mol. The first-order valence-electron chi connectivity index (χ1n) is 8.34. The molecule has 2 aromatic carbocycles. The van der Waals surface area contributed by atoms with Gasteiger partial charge in [-0.2, -0.15) is 5.10 Å². The predicted molar refractivity (Wildman–Crippen MR) is 113 cm³/mol. The van der Waals surface area contributed by atoms with Gasteiger partial charge in [0.05, 0.1) is 18.1 Å². The maximum Gasteiger partial charge on any atom is 0.225 e. The normalized spacial score (nSPS) is 11.2.